The minimum atomic E-state index is -1.38. The first kappa shape index (κ1) is 38.2. The predicted octanol–water partition coefficient (Wildman–Crippen LogP) is -2.50. The number of carbonyl (C=O) groups excluding carboxylic acids is 6. The van der Waals surface area contributed by atoms with Gasteiger partial charge in [0.15, 0.2) is 0 Å². The summed E-state index contributed by atoms with van der Waals surface area (Å²) in [4.78, 5) is 90.6. The summed E-state index contributed by atoms with van der Waals surface area (Å²) in [6.45, 7) is 5.28. The van der Waals surface area contributed by atoms with Crippen LogP contribution in [0.5, 0.6) is 0 Å². The summed E-state index contributed by atoms with van der Waals surface area (Å²) < 4.78 is 0. The summed E-state index contributed by atoms with van der Waals surface area (Å²) in [6.07, 6.45) is -0.187. The molecule has 0 saturated carbocycles. The van der Waals surface area contributed by atoms with Gasteiger partial charge in [-0.05, 0) is 37.8 Å². The van der Waals surface area contributed by atoms with Crippen LogP contribution in [-0.2, 0) is 40.0 Å². The Kier molecular flexibility index (Phi) is 14.3. The standard InChI is InChI=1S/C30H44N8O9/c1-14(2)25(30(47)34-13-23(41)42)38-26(43)15(3)35-28(45)21(11-17-12-33-19-8-6-5-7-18(17)19)37-27(44)20(9-10-22(31)40)36-29(46)24(32)16(4)39/h5-8,12,14-16,20-21,24-25,33,39H,9-11,13,32H2,1-4H3,(H2,31,40)(H,34,47)(H,35,45)(H,36,46)(H,37,44)(H,38,43)(H,41,42)/t15-,16+,20-,21-,24-,25-/m0/s1. The number of primary amides is 1. The maximum absolute atomic E-state index is 13.6. The molecule has 0 aliphatic heterocycles. The highest BCUT2D eigenvalue weighted by Gasteiger charge is 2.32. The van der Waals surface area contributed by atoms with Crippen molar-refractivity contribution in [3.8, 4) is 0 Å². The van der Waals surface area contributed by atoms with Gasteiger partial charge in [-0.3, -0.25) is 33.6 Å². The van der Waals surface area contributed by atoms with E-state index in [-0.39, 0.29) is 19.3 Å². The lowest BCUT2D eigenvalue weighted by atomic mass is 10.0. The molecule has 0 unspecified atom stereocenters. The van der Waals surface area contributed by atoms with Crippen molar-refractivity contribution in [1.82, 2.24) is 31.6 Å². The van der Waals surface area contributed by atoms with Gasteiger partial charge >= 0.3 is 5.97 Å². The number of amides is 6. The van der Waals surface area contributed by atoms with Gasteiger partial charge in [-0.2, -0.15) is 0 Å². The molecule has 0 aliphatic carbocycles. The topological polar surface area (TPSA) is 288 Å². The molecule has 17 nitrogen and oxygen atoms in total. The highest BCUT2D eigenvalue weighted by atomic mass is 16.4. The van der Waals surface area contributed by atoms with E-state index in [2.05, 4.69) is 31.6 Å². The Hall–Kier alpha value is -5.03. The van der Waals surface area contributed by atoms with Crippen LogP contribution in [-0.4, -0.2) is 99.5 Å². The van der Waals surface area contributed by atoms with Crippen molar-refractivity contribution in [2.24, 2.45) is 17.4 Å². The van der Waals surface area contributed by atoms with E-state index in [4.69, 9.17) is 16.6 Å². The molecule has 17 heteroatoms. The molecule has 12 N–H and O–H groups in total. The lowest BCUT2D eigenvalue weighted by Gasteiger charge is -2.26. The highest BCUT2D eigenvalue weighted by molar-refractivity contribution is 5.97. The Balaban J connectivity index is 2.31. The molecule has 1 heterocycles. The maximum atomic E-state index is 13.6. The number of carbonyl (C=O) groups is 7. The predicted molar refractivity (Wildman–Crippen MR) is 169 cm³/mol. The van der Waals surface area contributed by atoms with Crippen LogP contribution in [0, 0.1) is 5.92 Å². The first-order chi connectivity index (χ1) is 22.0. The maximum Gasteiger partial charge on any atom is 0.322 e. The van der Waals surface area contributed by atoms with Gasteiger partial charge in [-0.1, -0.05) is 32.0 Å². The monoisotopic (exact) mass is 660 g/mol. The van der Waals surface area contributed by atoms with E-state index in [9.17, 15) is 38.7 Å². The minimum absolute atomic E-state index is 0.0637. The van der Waals surface area contributed by atoms with Crippen molar-refractivity contribution in [3.63, 3.8) is 0 Å². The number of aromatic amines is 1. The van der Waals surface area contributed by atoms with Gasteiger partial charge in [0.25, 0.3) is 0 Å². The third-order valence-corrected chi connectivity index (χ3v) is 7.28. The van der Waals surface area contributed by atoms with Gasteiger partial charge < -0.3 is 53.2 Å². The Labute approximate surface area is 270 Å². The molecule has 1 aromatic heterocycles. The molecular weight excluding hydrogens is 616 g/mol. The van der Waals surface area contributed by atoms with Crippen LogP contribution < -0.4 is 38.1 Å². The third kappa shape index (κ3) is 11.7. The lowest BCUT2D eigenvalue weighted by Crippen LogP contribution is -2.59. The Morgan fingerprint density at radius 3 is 2.04 bits per heavy atom. The van der Waals surface area contributed by atoms with Crippen LogP contribution >= 0.6 is 0 Å². The first-order valence-electron chi connectivity index (χ1n) is 15.0. The quantitative estimate of drug-likeness (QED) is 0.0802. The van der Waals surface area contributed by atoms with Crippen LogP contribution in [0.4, 0.5) is 0 Å². The van der Waals surface area contributed by atoms with Gasteiger partial charge in [-0.25, -0.2) is 0 Å². The molecule has 6 atom stereocenters. The molecular formula is C30H44N8O9. The summed E-state index contributed by atoms with van der Waals surface area (Å²) in [5.74, 6) is -6.44. The number of para-hydroxylation sites is 1. The third-order valence-electron chi connectivity index (χ3n) is 7.28. The second kappa shape index (κ2) is 17.6. The number of carboxylic acids is 1. The number of fused-ring (bicyclic) bond motifs is 1. The Morgan fingerprint density at radius 2 is 1.45 bits per heavy atom. The SMILES string of the molecule is CC(C)[C@H](NC(=O)[C@H](C)NC(=O)[C@H](Cc1c[nH]c2ccccc12)NC(=O)[C@H](CCC(N)=O)NC(=O)[C@@H](N)[C@@H](C)O)C(=O)NCC(=O)O. The van der Waals surface area contributed by atoms with Crippen LogP contribution in [0.15, 0.2) is 30.5 Å². The van der Waals surface area contributed by atoms with E-state index in [0.717, 1.165) is 10.9 Å². The molecule has 0 fully saturated rings. The summed E-state index contributed by atoms with van der Waals surface area (Å²) in [5, 5.41) is 31.5. The number of carboxylic acid groups (broad SMARTS) is 1. The average molecular weight is 661 g/mol. The number of aliphatic carboxylic acids is 1. The van der Waals surface area contributed by atoms with Crippen LogP contribution in [0.2, 0.25) is 0 Å². The zero-order valence-electron chi connectivity index (χ0n) is 26.7. The van der Waals surface area contributed by atoms with E-state index in [1.807, 2.05) is 18.2 Å². The molecule has 2 aromatic rings. The van der Waals surface area contributed by atoms with E-state index in [0.29, 0.717) is 5.56 Å². The number of nitrogens with two attached hydrogens (primary N) is 2. The molecule has 47 heavy (non-hydrogen) atoms. The first-order valence-corrected chi connectivity index (χ1v) is 15.0. The molecule has 0 bridgehead atoms. The largest absolute Gasteiger partial charge is 0.480 e. The van der Waals surface area contributed by atoms with Crippen molar-refractivity contribution in [3.05, 3.63) is 36.0 Å². The minimum Gasteiger partial charge on any atom is -0.480 e. The van der Waals surface area contributed by atoms with Gasteiger partial charge in [0.2, 0.25) is 35.4 Å². The van der Waals surface area contributed by atoms with E-state index >= 15 is 0 Å². The fourth-order valence-corrected chi connectivity index (χ4v) is 4.51. The number of hydrogen-bond acceptors (Lipinski definition) is 9. The smallest absolute Gasteiger partial charge is 0.322 e. The number of aliphatic hydroxyl groups excluding tert-OH is 1. The van der Waals surface area contributed by atoms with Gasteiger partial charge in [0.05, 0.1) is 6.10 Å². The fraction of sp³-hybridized carbons (Fsp3) is 0.500. The number of rotatable bonds is 18. The Bertz CT molecular complexity index is 1460. The summed E-state index contributed by atoms with van der Waals surface area (Å²) in [7, 11) is 0. The van der Waals surface area contributed by atoms with Crippen molar-refractivity contribution in [2.45, 2.75) is 83.3 Å². The number of nitrogens with one attached hydrogen (secondary N) is 6. The van der Waals surface area contributed by atoms with Gasteiger partial charge in [0, 0.05) is 29.9 Å². The molecule has 1 aromatic carbocycles. The van der Waals surface area contributed by atoms with Gasteiger partial charge in [0.1, 0.15) is 36.8 Å². The second-order valence-corrected chi connectivity index (χ2v) is 11.5. The summed E-state index contributed by atoms with van der Waals surface area (Å²) in [6, 6.07) is 0.844. The van der Waals surface area contributed by atoms with E-state index in [1.54, 1.807) is 26.1 Å². The van der Waals surface area contributed by atoms with Crippen molar-refractivity contribution >= 4 is 52.3 Å². The summed E-state index contributed by atoms with van der Waals surface area (Å²) >= 11 is 0. The molecule has 0 saturated heterocycles. The number of aliphatic hydroxyl groups is 1. The van der Waals surface area contributed by atoms with E-state index < -0.39 is 90.2 Å². The number of benzene rings is 1. The van der Waals surface area contributed by atoms with Crippen LogP contribution in [0.1, 0.15) is 46.1 Å². The second-order valence-electron chi connectivity index (χ2n) is 11.5. The van der Waals surface area contributed by atoms with Crippen molar-refractivity contribution in [2.75, 3.05) is 6.54 Å². The van der Waals surface area contributed by atoms with Gasteiger partial charge in [-0.15, -0.1) is 0 Å². The average Bonchev–Trinajstić information content (AvgIpc) is 3.41. The number of aromatic nitrogens is 1. The van der Waals surface area contributed by atoms with Crippen molar-refractivity contribution < 1.29 is 43.8 Å². The molecule has 0 radical (unpaired) electrons. The highest BCUT2D eigenvalue weighted by Crippen LogP contribution is 2.19. The van der Waals surface area contributed by atoms with Crippen molar-refractivity contribution in [1.29, 1.82) is 0 Å². The lowest BCUT2D eigenvalue weighted by molar-refractivity contribution is -0.139. The zero-order valence-corrected chi connectivity index (χ0v) is 26.7. The van der Waals surface area contributed by atoms with Crippen LogP contribution in [0.3, 0.4) is 0 Å². The normalized spacial score (nSPS) is 15.0. The number of H-pyrrole nitrogens is 1. The summed E-state index contributed by atoms with van der Waals surface area (Å²) in [5.41, 5.74) is 12.4. The number of hydrogen-bond donors (Lipinski definition) is 10. The zero-order chi connectivity index (χ0) is 35.4. The van der Waals surface area contributed by atoms with E-state index in [1.165, 1.54) is 13.8 Å². The Morgan fingerprint density at radius 1 is 0.830 bits per heavy atom. The molecule has 258 valence electrons. The molecule has 0 spiro atoms. The molecule has 6 amide bonds. The molecule has 2 rings (SSSR count). The van der Waals surface area contributed by atoms with Crippen LogP contribution in [0.25, 0.3) is 10.9 Å². The fourth-order valence-electron chi connectivity index (χ4n) is 4.51. The molecule has 0 aliphatic rings.